The van der Waals surface area contributed by atoms with E-state index in [2.05, 4.69) is 30.3 Å². The van der Waals surface area contributed by atoms with E-state index < -0.39 is 0 Å². The van der Waals surface area contributed by atoms with Gasteiger partial charge in [-0.15, -0.1) is 12.3 Å². The zero-order chi connectivity index (χ0) is 8.57. The maximum absolute atomic E-state index is 10.3. The van der Waals surface area contributed by atoms with E-state index in [9.17, 15) is 4.79 Å². The van der Waals surface area contributed by atoms with Crippen LogP contribution in [0.5, 0.6) is 0 Å². The Kier molecular flexibility index (Phi) is 10.1. The number of thiol groups is 1. The van der Waals surface area contributed by atoms with Crippen molar-refractivity contribution in [3.8, 4) is 12.3 Å². The van der Waals surface area contributed by atoms with E-state index in [0.29, 0.717) is 0 Å². The molecule has 0 spiro atoms. The molecule has 0 aromatic rings. The van der Waals surface area contributed by atoms with Crippen molar-refractivity contribution in [1.82, 2.24) is 5.32 Å². The number of hydrogen-bond acceptors (Lipinski definition) is 2. The zero-order valence-electron chi connectivity index (χ0n) is 6.51. The molecule has 1 amide bonds. The third kappa shape index (κ3) is 10.4. The molecule has 58 valence electrons. The van der Waals surface area contributed by atoms with Crippen LogP contribution in [-0.2, 0) is 4.79 Å². The van der Waals surface area contributed by atoms with Crippen molar-refractivity contribution < 1.29 is 4.79 Å². The molecule has 1 unspecified atom stereocenters. The first kappa shape index (κ1) is 12.1. The third-order valence-corrected chi connectivity index (χ3v) is 0.860. The number of terminal acetylenes is 1. The number of carbonyl (C=O) groups excluding carboxylic acids is 1. The normalized spacial score (nSPS) is 9.90. The SMILES string of the molecule is C#CC.CNC(=O)C(C)S. The molecule has 0 aliphatic heterocycles. The largest absolute Gasteiger partial charge is 0.358 e. The third-order valence-electron chi connectivity index (χ3n) is 0.626. The minimum absolute atomic E-state index is 0.0386. The molecule has 0 bridgehead atoms. The monoisotopic (exact) mass is 159 g/mol. The molecule has 0 aromatic heterocycles. The summed E-state index contributed by atoms with van der Waals surface area (Å²) in [5.41, 5.74) is 0. The van der Waals surface area contributed by atoms with E-state index in [0.717, 1.165) is 0 Å². The Balaban J connectivity index is 0. The predicted octanol–water partition coefficient (Wildman–Crippen LogP) is 0.690. The molecule has 0 radical (unpaired) electrons. The van der Waals surface area contributed by atoms with Crippen molar-refractivity contribution >= 4 is 18.5 Å². The van der Waals surface area contributed by atoms with Crippen molar-refractivity contribution in [3.05, 3.63) is 0 Å². The molecule has 0 saturated carbocycles. The lowest BCUT2D eigenvalue weighted by atomic mass is 10.4. The minimum Gasteiger partial charge on any atom is -0.358 e. The van der Waals surface area contributed by atoms with Crippen LogP contribution >= 0.6 is 12.6 Å². The summed E-state index contributed by atoms with van der Waals surface area (Å²) in [4.78, 5) is 10.3. The summed E-state index contributed by atoms with van der Waals surface area (Å²) in [6.45, 7) is 3.38. The molecule has 3 heteroatoms. The highest BCUT2D eigenvalue weighted by Crippen LogP contribution is 1.88. The first-order valence-electron chi connectivity index (χ1n) is 2.87. The van der Waals surface area contributed by atoms with Gasteiger partial charge in [-0.3, -0.25) is 4.79 Å². The van der Waals surface area contributed by atoms with Gasteiger partial charge in [-0.05, 0) is 13.8 Å². The van der Waals surface area contributed by atoms with Crippen LogP contribution in [0.4, 0.5) is 0 Å². The first-order chi connectivity index (χ1) is 4.59. The highest BCUT2D eigenvalue weighted by molar-refractivity contribution is 7.81. The first-order valence-corrected chi connectivity index (χ1v) is 3.38. The van der Waals surface area contributed by atoms with Crippen LogP contribution in [0.2, 0.25) is 0 Å². The van der Waals surface area contributed by atoms with Gasteiger partial charge in [-0.1, -0.05) is 0 Å². The van der Waals surface area contributed by atoms with Crippen LogP contribution in [0.1, 0.15) is 13.8 Å². The molecule has 10 heavy (non-hydrogen) atoms. The molecule has 1 atom stereocenters. The van der Waals surface area contributed by atoms with Gasteiger partial charge >= 0.3 is 0 Å². The Hall–Kier alpha value is -0.620. The van der Waals surface area contributed by atoms with Crippen LogP contribution in [0.25, 0.3) is 0 Å². The fraction of sp³-hybridized carbons (Fsp3) is 0.571. The molecule has 0 fully saturated rings. The summed E-state index contributed by atoms with van der Waals surface area (Å²) >= 11 is 3.86. The lowest BCUT2D eigenvalue weighted by Gasteiger charge is -1.98. The summed E-state index contributed by atoms with van der Waals surface area (Å²) < 4.78 is 0. The lowest BCUT2D eigenvalue weighted by molar-refractivity contribution is -0.119. The molecule has 2 nitrogen and oxygen atoms in total. The minimum atomic E-state index is -0.190. The highest BCUT2D eigenvalue weighted by atomic mass is 32.1. The second kappa shape index (κ2) is 8.38. The number of carbonyl (C=O) groups is 1. The fourth-order valence-corrected chi connectivity index (χ4v) is 0.338. The summed E-state index contributed by atoms with van der Waals surface area (Å²) in [5, 5.41) is 2.26. The van der Waals surface area contributed by atoms with Gasteiger partial charge in [-0.2, -0.15) is 12.6 Å². The standard InChI is InChI=1S/C4H9NOS.C3H4/c1-3(7)4(6)5-2;1-3-2/h3,7H,1-2H3,(H,5,6);1H,2H3. The summed E-state index contributed by atoms with van der Waals surface area (Å²) in [7, 11) is 1.59. The van der Waals surface area contributed by atoms with Gasteiger partial charge in [-0.25, -0.2) is 0 Å². The van der Waals surface area contributed by atoms with Gasteiger partial charge in [0.25, 0.3) is 0 Å². The number of rotatable bonds is 1. The second-order valence-electron chi connectivity index (χ2n) is 1.58. The van der Waals surface area contributed by atoms with Crippen LogP contribution < -0.4 is 5.32 Å². The molecule has 0 rings (SSSR count). The van der Waals surface area contributed by atoms with Crippen molar-refractivity contribution in [2.75, 3.05) is 7.05 Å². The molecule has 0 saturated heterocycles. The van der Waals surface area contributed by atoms with Crippen LogP contribution in [0.15, 0.2) is 0 Å². The van der Waals surface area contributed by atoms with E-state index in [1.807, 2.05) is 0 Å². The molecule has 0 heterocycles. The highest BCUT2D eigenvalue weighted by Gasteiger charge is 2.01. The summed E-state index contributed by atoms with van der Waals surface area (Å²) in [5.74, 6) is 2.21. The van der Waals surface area contributed by atoms with Gasteiger partial charge in [0.05, 0.1) is 5.25 Å². The molecule has 1 N–H and O–H groups in total. The van der Waals surface area contributed by atoms with Crippen LogP contribution in [0.3, 0.4) is 0 Å². The molecule has 0 aromatic carbocycles. The summed E-state index contributed by atoms with van der Waals surface area (Å²) in [6, 6.07) is 0. The molecule has 0 aliphatic rings. The van der Waals surface area contributed by atoms with Gasteiger partial charge in [0.1, 0.15) is 0 Å². The van der Waals surface area contributed by atoms with Crippen molar-refractivity contribution in [2.24, 2.45) is 0 Å². The van der Waals surface area contributed by atoms with E-state index >= 15 is 0 Å². The van der Waals surface area contributed by atoms with Gasteiger partial charge in [0.15, 0.2) is 0 Å². The average Bonchev–Trinajstić information content (AvgIpc) is 1.88. The topological polar surface area (TPSA) is 29.1 Å². The molecule has 0 aliphatic carbocycles. The van der Waals surface area contributed by atoms with Gasteiger partial charge in [0.2, 0.25) is 5.91 Å². The van der Waals surface area contributed by atoms with E-state index in [-0.39, 0.29) is 11.2 Å². The Morgan fingerprint density at radius 1 is 1.80 bits per heavy atom. The zero-order valence-corrected chi connectivity index (χ0v) is 7.40. The lowest BCUT2D eigenvalue weighted by Crippen LogP contribution is -2.25. The van der Waals surface area contributed by atoms with E-state index in [1.165, 1.54) is 0 Å². The quantitative estimate of drug-likeness (QED) is 0.428. The van der Waals surface area contributed by atoms with Crippen molar-refractivity contribution in [3.63, 3.8) is 0 Å². The Bertz CT molecular complexity index is 126. The maximum atomic E-state index is 10.3. The van der Waals surface area contributed by atoms with Gasteiger partial charge < -0.3 is 5.32 Å². The molecular formula is C7H13NOS. The van der Waals surface area contributed by atoms with Gasteiger partial charge in [0, 0.05) is 7.05 Å². The number of amides is 1. The second-order valence-corrected chi connectivity index (χ2v) is 2.35. The van der Waals surface area contributed by atoms with Crippen molar-refractivity contribution in [1.29, 1.82) is 0 Å². The average molecular weight is 159 g/mol. The van der Waals surface area contributed by atoms with Crippen LogP contribution in [-0.4, -0.2) is 18.2 Å². The number of nitrogens with one attached hydrogen (secondary N) is 1. The van der Waals surface area contributed by atoms with Crippen molar-refractivity contribution in [2.45, 2.75) is 19.1 Å². The predicted molar refractivity (Wildman–Crippen MR) is 47.0 cm³/mol. The Labute approximate surface area is 67.8 Å². The van der Waals surface area contributed by atoms with E-state index in [1.54, 1.807) is 20.9 Å². The number of hydrogen-bond donors (Lipinski definition) is 2. The summed E-state index contributed by atoms with van der Waals surface area (Å²) in [6.07, 6.45) is 4.60. The Morgan fingerprint density at radius 3 is 2.10 bits per heavy atom. The molecular weight excluding hydrogens is 146 g/mol. The Morgan fingerprint density at radius 2 is 2.10 bits per heavy atom. The maximum Gasteiger partial charge on any atom is 0.232 e. The smallest absolute Gasteiger partial charge is 0.232 e. The fourth-order valence-electron chi connectivity index (χ4n) is 0.209. The van der Waals surface area contributed by atoms with Crippen LogP contribution in [0, 0.1) is 12.3 Å². The van der Waals surface area contributed by atoms with E-state index in [4.69, 9.17) is 0 Å².